The van der Waals surface area contributed by atoms with Gasteiger partial charge in [-0.25, -0.2) is 0 Å². The molecule has 0 bridgehead atoms. The van der Waals surface area contributed by atoms with Gasteiger partial charge in [0.05, 0.1) is 0 Å². The fourth-order valence-electron chi connectivity index (χ4n) is 1.10. The second-order valence-electron chi connectivity index (χ2n) is 2.96. The molecule has 0 aliphatic carbocycles. The fourth-order valence-corrected chi connectivity index (χ4v) is 1.39. The van der Waals surface area contributed by atoms with Crippen molar-refractivity contribution in [2.24, 2.45) is 0 Å². The molecule has 0 heterocycles. The summed E-state index contributed by atoms with van der Waals surface area (Å²) < 4.78 is 10.7. The van der Waals surface area contributed by atoms with Crippen molar-refractivity contribution in [3.8, 4) is 11.5 Å². The Morgan fingerprint density at radius 3 is 2.38 bits per heavy atom. The van der Waals surface area contributed by atoms with Gasteiger partial charge in [-0.2, -0.15) is 0 Å². The molecule has 84 valence electrons. The molecule has 0 aliphatic heterocycles. The summed E-state index contributed by atoms with van der Waals surface area (Å²) >= 11 is 1.84. The van der Waals surface area contributed by atoms with Crippen molar-refractivity contribution >= 4 is 23.0 Å². The smallest absolute Gasteiger partial charge is 0.192 e. The van der Waals surface area contributed by atoms with Gasteiger partial charge in [0, 0.05) is 0 Å². The molecular formula is C13H13IO2. The Labute approximate surface area is 110 Å². The van der Waals surface area contributed by atoms with E-state index in [-0.39, 0.29) is 0 Å². The SMILES string of the molecule is C=C/C=C(\C=C/C)Oc1ccc(OI)cc1. The molecule has 0 amide bonds. The maximum Gasteiger partial charge on any atom is 0.192 e. The highest BCUT2D eigenvalue weighted by Gasteiger charge is 1.97. The summed E-state index contributed by atoms with van der Waals surface area (Å²) in [6.45, 7) is 5.58. The van der Waals surface area contributed by atoms with Crippen LogP contribution in [0.5, 0.6) is 11.5 Å². The van der Waals surface area contributed by atoms with Crippen molar-refractivity contribution in [1.29, 1.82) is 0 Å². The van der Waals surface area contributed by atoms with E-state index < -0.39 is 0 Å². The number of hydrogen-bond acceptors (Lipinski definition) is 2. The van der Waals surface area contributed by atoms with Gasteiger partial charge < -0.3 is 7.80 Å². The molecular weight excluding hydrogens is 315 g/mol. The maximum absolute atomic E-state index is 5.64. The molecule has 1 aromatic carbocycles. The molecule has 1 rings (SSSR count). The molecule has 2 nitrogen and oxygen atoms in total. The average Bonchev–Trinajstić information content (AvgIpc) is 2.31. The molecule has 16 heavy (non-hydrogen) atoms. The minimum Gasteiger partial charge on any atom is -0.457 e. The van der Waals surface area contributed by atoms with Gasteiger partial charge in [0.1, 0.15) is 17.3 Å². The largest absolute Gasteiger partial charge is 0.457 e. The Morgan fingerprint density at radius 1 is 1.25 bits per heavy atom. The van der Waals surface area contributed by atoms with E-state index in [1.807, 2.05) is 72.4 Å². The monoisotopic (exact) mass is 328 g/mol. The minimum absolute atomic E-state index is 0.751. The lowest BCUT2D eigenvalue weighted by Gasteiger charge is -2.06. The van der Waals surface area contributed by atoms with E-state index in [2.05, 4.69) is 6.58 Å². The number of allylic oxidation sites excluding steroid dienone is 4. The summed E-state index contributed by atoms with van der Waals surface area (Å²) in [5.41, 5.74) is 0. The van der Waals surface area contributed by atoms with Gasteiger partial charge in [-0.1, -0.05) is 18.7 Å². The van der Waals surface area contributed by atoms with Crippen molar-refractivity contribution in [3.63, 3.8) is 0 Å². The molecule has 0 N–H and O–H groups in total. The maximum atomic E-state index is 5.64. The number of rotatable bonds is 5. The lowest BCUT2D eigenvalue weighted by atomic mass is 10.3. The van der Waals surface area contributed by atoms with Crippen LogP contribution < -0.4 is 7.80 Å². The normalized spacial score (nSPS) is 11.5. The Hall–Kier alpha value is -1.23. The van der Waals surface area contributed by atoms with Gasteiger partial charge in [0.25, 0.3) is 0 Å². The van der Waals surface area contributed by atoms with Crippen molar-refractivity contribution in [1.82, 2.24) is 0 Å². The second-order valence-corrected chi connectivity index (χ2v) is 3.40. The van der Waals surface area contributed by atoms with Gasteiger partial charge >= 0.3 is 0 Å². The summed E-state index contributed by atoms with van der Waals surface area (Å²) in [5, 5.41) is 0. The number of benzene rings is 1. The van der Waals surface area contributed by atoms with Crippen LogP contribution in [0.2, 0.25) is 0 Å². The predicted molar refractivity (Wildman–Crippen MR) is 74.8 cm³/mol. The molecule has 0 saturated heterocycles. The van der Waals surface area contributed by atoms with Gasteiger partial charge in [0.2, 0.25) is 0 Å². The molecule has 0 aromatic heterocycles. The molecule has 1 aromatic rings. The fraction of sp³-hybridized carbons (Fsp3) is 0.0769. The molecule has 0 radical (unpaired) electrons. The lowest BCUT2D eigenvalue weighted by Crippen LogP contribution is -1.91. The first-order valence-corrected chi connectivity index (χ1v) is 5.70. The van der Waals surface area contributed by atoms with Crippen LogP contribution in [0.4, 0.5) is 0 Å². The first kappa shape index (κ1) is 12.8. The van der Waals surface area contributed by atoms with Crippen LogP contribution in [-0.2, 0) is 0 Å². The Morgan fingerprint density at radius 2 is 1.88 bits per heavy atom. The number of halogens is 1. The molecule has 0 spiro atoms. The van der Waals surface area contributed by atoms with E-state index in [0.29, 0.717) is 0 Å². The summed E-state index contributed by atoms with van der Waals surface area (Å²) in [6.07, 6.45) is 7.29. The van der Waals surface area contributed by atoms with Crippen LogP contribution in [0.15, 0.2) is 60.9 Å². The van der Waals surface area contributed by atoms with Crippen molar-refractivity contribution in [2.45, 2.75) is 6.92 Å². The Balaban J connectivity index is 2.77. The highest BCUT2D eigenvalue weighted by Crippen LogP contribution is 2.20. The van der Waals surface area contributed by atoms with E-state index in [9.17, 15) is 0 Å². The highest BCUT2D eigenvalue weighted by atomic mass is 127. The number of ether oxygens (including phenoxy) is 1. The summed E-state index contributed by atoms with van der Waals surface area (Å²) in [5.74, 6) is 2.32. The predicted octanol–water partition coefficient (Wildman–Crippen LogP) is 4.44. The van der Waals surface area contributed by atoms with Crippen LogP contribution in [0.1, 0.15) is 6.92 Å². The summed E-state index contributed by atoms with van der Waals surface area (Å²) in [6, 6.07) is 7.41. The van der Waals surface area contributed by atoms with Crippen LogP contribution in [0.3, 0.4) is 0 Å². The zero-order valence-corrected chi connectivity index (χ0v) is 11.2. The molecule has 3 heteroatoms. The van der Waals surface area contributed by atoms with E-state index in [0.717, 1.165) is 17.3 Å². The van der Waals surface area contributed by atoms with E-state index in [4.69, 9.17) is 7.80 Å². The minimum atomic E-state index is 0.751. The van der Waals surface area contributed by atoms with Gasteiger partial charge in [-0.05, 0) is 43.3 Å². The average molecular weight is 328 g/mol. The summed E-state index contributed by atoms with van der Waals surface area (Å²) in [4.78, 5) is 0. The first-order chi connectivity index (χ1) is 7.80. The molecule has 0 saturated carbocycles. The van der Waals surface area contributed by atoms with E-state index >= 15 is 0 Å². The second kappa shape index (κ2) is 7.11. The van der Waals surface area contributed by atoms with E-state index in [1.54, 1.807) is 6.08 Å². The van der Waals surface area contributed by atoms with Crippen LogP contribution >= 0.6 is 23.0 Å². The summed E-state index contributed by atoms with van der Waals surface area (Å²) in [7, 11) is 0. The number of hydrogen-bond donors (Lipinski definition) is 0. The third kappa shape index (κ3) is 4.10. The van der Waals surface area contributed by atoms with Gasteiger partial charge in [0.15, 0.2) is 23.0 Å². The molecule has 0 fully saturated rings. The molecule has 0 aliphatic rings. The zero-order chi connectivity index (χ0) is 11.8. The Bertz CT molecular complexity index is 391. The van der Waals surface area contributed by atoms with Gasteiger partial charge in [-0.3, -0.25) is 0 Å². The standard InChI is InChI=1S/C13H13IO2/c1-3-5-11(6-4-2)15-12-7-9-13(16-14)10-8-12/h3-10H,1H2,2H3/b6-4-,11-5+. The first-order valence-electron chi connectivity index (χ1n) is 4.82. The highest BCUT2D eigenvalue weighted by molar-refractivity contribution is 14.1. The Kier molecular flexibility index (Phi) is 5.71. The quantitative estimate of drug-likeness (QED) is 0.452. The van der Waals surface area contributed by atoms with Crippen molar-refractivity contribution < 1.29 is 7.80 Å². The lowest BCUT2D eigenvalue weighted by molar-refractivity contribution is 0.444. The topological polar surface area (TPSA) is 18.5 Å². The third-order valence-electron chi connectivity index (χ3n) is 1.76. The van der Waals surface area contributed by atoms with Crippen LogP contribution in [0, 0.1) is 0 Å². The van der Waals surface area contributed by atoms with Crippen LogP contribution in [0.25, 0.3) is 0 Å². The van der Waals surface area contributed by atoms with Crippen molar-refractivity contribution in [2.75, 3.05) is 0 Å². The van der Waals surface area contributed by atoms with Crippen LogP contribution in [-0.4, -0.2) is 0 Å². The van der Waals surface area contributed by atoms with E-state index in [1.165, 1.54) is 0 Å². The van der Waals surface area contributed by atoms with Crippen molar-refractivity contribution in [3.05, 3.63) is 60.9 Å². The van der Waals surface area contributed by atoms with Gasteiger partial charge in [-0.15, -0.1) is 0 Å². The zero-order valence-electron chi connectivity index (χ0n) is 9.02. The third-order valence-corrected chi connectivity index (χ3v) is 2.27. The molecule has 0 unspecified atom stereocenters. The molecule has 0 atom stereocenters.